The van der Waals surface area contributed by atoms with E-state index in [0.29, 0.717) is 11.4 Å². The Labute approximate surface area is 340 Å². The van der Waals surface area contributed by atoms with Crippen molar-refractivity contribution in [3.05, 3.63) is 133 Å². The third-order valence-electron chi connectivity index (χ3n) is 8.12. The van der Waals surface area contributed by atoms with Crippen molar-refractivity contribution in [3.63, 3.8) is 0 Å². The number of amides is 4. The summed E-state index contributed by atoms with van der Waals surface area (Å²) in [5.41, 5.74) is 7.22. The summed E-state index contributed by atoms with van der Waals surface area (Å²) in [6.07, 6.45) is 4.05. The predicted octanol–water partition coefficient (Wildman–Crippen LogP) is 5.91. The van der Waals surface area contributed by atoms with Gasteiger partial charge < -0.3 is 50.7 Å². The SMILES string of the molecule is C=CCOC(=O)c1ccc(NC(=O)c2ccc(NC(=O)c3ccc(NC(=O)[C@H](CC#N)NC(=O)c4ccc(N)cc4)cc3)c(OC)c2OCC=C)c(OC)c1OCC=C. The molecule has 0 spiro atoms. The molecule has 59 heavy (non-hydrogen) atoms. The fourth-order valence-electron chi connectivity index (χ4n) is 5.35. The van der Waals surface area contributed by atoms with Crippen LogP contribution in [-0.4, -0.2) is 69.7 Å². The number of anilines is 4. The minimum Gasteiger partial charge on any atom is -0.491 e. The molecule has 0 radical (unpaired) electrons. The Morgan fingerprint density at radius 2 is 1.17 bits per heavy atom. The average Bonchev–Trinajstić information content (AvgIpc) is 3.24. The molecular weight excluding hydrogens is 761 g/mol. The van der Waals surface area contributed by atoms with Gasteiger partial charge in [0.05, 0.1) is 43.6 Å². The minimum atomic E-state index is -1.17. The lowest BCUT2D eigenvalue weighted by molar-refractivity contribution is -0.117. The first kappa shape index (κ1) is 43.7. The average molecular weight is 803 g/mol. The number of rotatable bonds is 20. The van der Waals surface area contributed by atoms with E-state index >= 15 is 0 Å². The molecule has 0 saturated heterocycles. The fraction of sp³-hybridized carbons (Fsp3) is 0.163. The van der Waals surface area contributed by atoms with Crippen LogP contribution in [0.4, 0.5) is 22.7 Å². The highest BCUT2D eigenvalue weighted by Gasteiger charge is 2.27. The smallest absolute Gasteiger partial charge is 0.342 e. The summed E-state index contributed by atoms with van der Waals surface area (Å²) < 4.78 is 28.0. The molecular formula is C43H42N6O10. The highest BCUT2D eigenvalue weighted by atomic mass is 16.5. The van der Waals surface area contributed by atoms with Crippen molar-refractivity contribution in [3.8, 4) is 29.1 Å². The van der Waals surface area contributed by atoms with Crippen LogP contribution in [-0.2, 0) is 9.53 Å². The zero-order chi connectivity index (χ0) is 42.9. The molecule has 16 heteroatoms. The number of nitrogens with zero attached hydrogens (tertiary/aromatic N) is 1. The van der Waals surface area contributed by atoms with Gasteiger partial charge >= 0.3 is 5.97 Å². The van der Waals surface area contributed by atoms with Gasteiger partial charge in [0.1, 0.15) is 31.4 Å². The molecule has 4 aromatic carbocycles. The number of ether oxygens (including phenoxy) is 5. The van der Waals surface area contributed by atoms with Crippen LogP contribution in [0.25, 0.3) is 0 Å². The van der Waals surface area contributed by atoms with E-state index in [-0.39, 0.29) is 82.9 Å². The lowest BCUT2D eigenvalue weighted by atomic mass is 10.1. The Hall–Kier alpha value is -8.06. The van der Waals surface area contributed by atoms with E-state index in [2.05, 4.69) is 41.0 Å². The van der Waals surface area contributed by atoms with Gasteiger partial charge in [-0.25, -0.2) is 4.79 Å². The molecule has 16 nitrogen and oxygen atoms in total. The van der Waals surface area contributed by atoms with Gasteiger partial charge in [-0.3, -0.25) is 19.2 Å². The van der Waals surface area contributed by atoms with E-state index in [4.69, 9.17) is 29.4 Å². The molecule has 0 aliphatic heterocycles. The fourth-order valence-corrected chi connectivity index (χ4v) is 5.35. The van der Waals surface area contributed by atoms with Gasteiger partial charge in [-0.1, -0.05) is 38.0 Å². The minimum absolute atomic E-state index is 0.00577. The second kappa shape index (κ2) is 21.3. The van der Waals surface area contributed by atoms with E-state index < -0.39 is 35.6 Å². The van der Waals surface area contributed by atoms with Crippen molar-refractivity contribution in [2.24, 2.45) is 0 Å². The van der Waals surface area contributed by atoms with Crippen molar-refractivity contribution in [1.29, 1.82) is 5.26 Å². The number of esters is 1. The number of carbonyl (C=O) groups excluding carboxylic acids is 5. The van der Waals surface area contributed by atoms with E-state index in [1.807, 2.05) is 6.07 Å². The second-order valence-corrected chi connectivity index (χ2v) is 12.1. The van der Waals surface area contributed by atoms with Gasteiger partial charge in [-0.2, -0.15) is 5.26 Å². The number of nitrogens with two attached hydrogens (primary N) is 1. The van der Waals surface area contributed by atoms with Gasteiger partial charge in [-0.15, -0.1) is 0 Å². The number of hydrogen-bond acceptors (Lipinski definition) is 12. The van der Waals surface area contributed by atoms with Crippen LogP contribution in [0.2, 0.25) is 0 Å². The maximum Gasteiger partial charge on any atom is 0.342 e. The van der Waals surface area contributed by atoms with Crippen LogP contribution in [0.3, 0.4) is 0 Å². The molecule has 0 aromatic heterocycles. The zero-order valence-corrected chi connectivity index (χ0v) is 32.3. The predicted molar refractivity (Wildman–Crippen MR) is 221 cm³/mol. The largest absolute Gasteiger partial charge is 0.491 e. The number of carbonyl (C=O) groups is 5. The van der Waals surface area contributed by atoms with Crippen LogP contribution < -0.4 is 45.9 Å². The standard InChI is InChI=1S/C43H42N6O10/c1-6-23-57-35-30(41(52)48-33-20-18-31(43(54)59-25-8-3)36(38(33)56-5)58-24-7-2)17-19-32(37(35)55-4)47-39(50)27-11-15-29(16-12-27)46-42(53)34(21-22-44)49-40(51)26-9-13-28(45)14-10-26/h6-20,34H,1-3,21,23-25,45H2,4-5H3,(H,46,53)(H,47,50)(H,48,52)(H,49,51)/t34-/m0/s1. The van der Waals surface area contributed by atoms with Crippen LogP contribution >= 0.6 is 0 Å². The van der Waals surface area contributed by atoms with E-state index in [1.165, 1.54) is 93.1 Å². The Morgan fingerprint density at radius 1 is 0.661 bits per heavy atom. The Balaban J connectivity index is 1.54. The normalized spacial score (nSPS) is 10.7. The molecule has 0 aliphatic rings. The first-order chi connectivity index (χ1) is 28.5. The van der Waals surface area contributed by atoms with Crippen LogP contribution in [0.5, 0.6) is 23.0 Å². The summed E-state index contributed by atoms with van der Waals surface area (Å²) >= 11 is 0. The monoisotopic (exact) mass is 802 g/mol. The second-order valence-electron chi connectivity index (χ2n) is 12.1. The zero-order valence-electron chi connectivity index (χ0n) is 32.3. The molecule has 0 fully saturated rings. The Bertz CT molecular complexity index is 2270. The van der Waals surface area contributed by atoms with Gasteiger partial charge in [0.15, 0.2) is 23.0 Å². The lowest BCUT2D eigenvalue weighted by Gasteiger charge is -2.20. The summed E-state index contributed by atoms with van der Waals surface area (Å²) in [7, 11) is 2.67. The molecule has 0 saturated carbocycles. The van der Waals surface area contributed by atoms with Gasteiger partial charge in [0, 0.05) is 22.5 Å². The molecule has 0 heterocycles. The highest BCUT2D eigenvalue weighted by molar-refractivity contribution is 6.10. The molecule has 6 N–H and O–H groups in total. The maximum atomic E-state index is 13.8. The number of methoxy groups -OCH3 is 2. The molecule has 4 rings (SSSR count). The first-order valence-electron chi connectivity index (χ1n) is 17.7. The maximum absolute atomic E-state index is 13.8. The Kier molecular flexibility index (Phi) is 15.8. The summed E-state index contributed by atoms with van der Waals surface area (Å²) in [4.78, 5) is 65.7. The molecule has 4 amide bonds. The van der Waals surface area contributed by atoms with Crippen molar-refractivity contribution >= 4 is 52.3 Å². The summed E-state index contributed by atoms with van der Waals surface area (Å²) in [6.45, 7) is 10.8. The molecule has 1 atom stereocenters. The number of nitrogen functional groups attached to an aromatic ring is 1. The van der Waals surface area contributed by atoms with E-state index in [9.17, 15) is 29.2 Å². The summed E-state index contributed by atoms with van der Waals surface area (Å²) in [5, 5.41) is 20.0. The van der Waals surface area contributed by atoms with Gasteiger partial charge in [0.2, 0.25) is 5.91 Å². The number of hydrogen-bond donors (Lipinski definition) is 5. The molecule has 0 unspecified atom stereocenters. The van der Waals surface area contributed by atoms with Crippen molar-refractivity contribution in [2.45, 2.75) is 12.5 Å². The molecule has 4 aromatic rings. The molecule has 0 aliphatic carbocycles. The molecule has 0 bridgehead atoms. The van der Waals surface area contributed by atoms with E-state index in [0.717, 1.165) is 0 Å². The van der Waals surface area contributed by atoms with Crippen LogP contribution in [0.15, 0.2) is 111 Å². The van der Waals surface area contributed by atoms with Crippen LogP contribution in [0.1, 0.15) is 47.9 Å². The topological polar surface area (TPSA) is 229 Å². The van der Waals surface area contributed by atoms with E-state index in [1.54, 1.807) is 12.1 Å². The number of nitrogens with one attached hydrogen (secondary N) is 4. The summed E-state index contributed by atoms with van der Waals surface area (Å²) in [6, 6.07) is 18.4. The quantitative estimate of drug-likeness (QED) is 0.0399. The number of nitriles is 1. The number of benzene rings is 4. The first-order valence-corrected chi connectivity index (χ1v) is 17.7. The lowest BCUT2D eigenvalue weighted by Crippen LogP contribution is -2.43. The third-order valence-corrected chi connectivity index (χ3v) is 8.12. The highest BCUT2D eigenvalue weighted by Crippen LogP contribution is 2.42. The van der Waals surface area contributed by atoms with Crippen LogP contribution in [0, 0.1) is 11.3 Å². The van der Waals surface area contributed by atoms with Crippen molar-refractivity contribution in [1.82, 2.24) is 5.32 Å². The van der Waals surface area contributed by atoms with Gasteiger partial charge in [0.25, 0.3) is 17.7 Å². The molecule has 304 valence electrons. The van der Waals surface area contributed by atoms with Crippen molar-refractivity contribution in [2.75, 3.05) is 55.7 Å². The Morgan fingerprint density at radius 3 is 1.71 bits per heavy atom. The third kappa shape index (κ3) is 11.3. The van der Waals surface area contributed by atoms with Crippen molar-refractivity contribution < 1.29 is 47.7 Å². The summed E-state index contributed by atoms with van der Waals surface area (Å²) in [5.74, 6) is -3.12. The van der Waals surface area contributed by atoms with Gasteiger partial charge in [-0.05, 0) is 72.8 Å².